The van der Waals surface area contributed by atoms with E-state index in [1.165, 1.54) is 10.9 Å². The number of carbonyl (C=O) groups excluding carboxylic acids is 1. The van der Waals surface area contributed by atoms with E-state index in [1.54, 1.807) is 0 Å². The standard InChI is InChI=1S/C14H18N2OS/c1-14(2,9-16-13(17)8-18)11-7-15-12-6-4-3-5-10(11)12/h3-7,15,18H,8-9H2,1-2H3,(H,16,17). The minimum absolute atomic E-state index is 0.0359. The summed E-state index contributed by atoms with van der Waals surface area (Å²) in [5, 5.41) is 4.11. The summed E-state index contributed by atoms with van der Waals surface area (Å²) in [6, 6.07) is 8.20. The van der Waals surface area contributed by atoms with Crippen LogP contribution in [0.15, 0.2) is 30.5 Å². The van der Waals surface area contributed by atoms with Gasteiger partial charge in [-0.2, -0.15) is 12.6 Å². The second kappa shape index (κ2) is 5.06. The molecule has 4 heteroatoms. The van der Waals surface area contributed by atoms with Gasteiger partial charge in [0.1, 0.15) is 0 Å². The Morgan fingerprint density at radius 2 is 2.11 bits per heavy atom. The van der Waals surface area contributed by atoms with Crippen molar-refractivity contribution in [2.24, 2.45) is 0 Å². The fraction of sp³-hybridized carbons (Fsp3) is 0.357. The normalized spacial score (nSPS) is 11.7. The number of nitrogens with one attached hydrogen (secondary N) is 2. The molecule has 0 fully saturated rings. The fourth-order valence-corrected chi connectivity index (χ4v) is 2.21. The Hall–Kier alpha value is -1.42. The molecule has 0 aliphatic rings. The smallest absolute Gasteiger partial charge is 0.229 e. The monoisotopic (exact) mass is 262 g/mol. The van der Waals surface area contributed by atoms with Gasteiger partial charge < -0.3 is 10.3 Å². The summed E-state index contributed by atoms with van der Waals surface area (Å²) in [6.45, 7) is 4.86. The zero-order chi connectivity index (χ0) is 13.2. The van der Waals surface area contributed by atoms with E-state index in [2.05, 4.69) is 48.9 Å². The molecule has 1 aromatic carbocycles. The molecule has 96 valence electrons. The van der Waals surface area contributed by atoms with Gasteiger partial charge in [-0.25, -0.2) is 0 Å². The Morgan fingerprint density at radius 3 is 2.83 bits per heavy atom. The van der Waals surface area contributed by atoms with Gasteiger partial charge in [0.15, 0.2) is 0 Å². The second-order valence-electron chi connectivity index (χ2n) is 5.07. The molecule has 0 unspecified atom stereocenters. The molecule has 0 saturated carbocycles. The summed E-state index contributed by atoms with van der Waals surface area (Å²) in [4.78, 5) is 14.6. The van der Waals surface area contributed by atoms with E-state index in [4.69, 9.17) is 0 Å². The lowest BCUT2D eigenvalue weighted by atomic mass is 9.84. The van der Waals surface area contributed by atoms with Gasteiger partial charge in [-0.15, -0.1) is 0 Å². The predicted octanol–water partition coefficient (Wildman–Crippen LogP) is 2.49. The Balaban J connectivity index is 2.26. The van der Waals surface area contributed by atoms with Crippen molar-refractivity contribution < 1.29 is 4.79 Å². The fourth-order valence-electron chi connectivity index (χ4n) is 2.10. The average Bonchev–Trinajstić information content (AvgIpc) is 2.80. The van der Waals surface area contributed by atoms with E-state index in [-0.39, 0.29) is 17.1 Å². The second-order valence-corrected chi connectivity index (χ2v) is 5.38. The van der Waals surface area contributed by atoms with Crippen LogP contribution < -0.4 is 5.32 Å². The number of H-pyrrole nitrogens is 1. The molecule has 2 rings (SSSR count). The molecule has 0 bridgehead atoms. The first-order chi connectivity index (χ1) is 8.54. The van der Waals surface area contributed by atoms with Gasteiger partial charge in [-0.3, -0.25) is 4.79 Å². The van der Waals surface area contributed by atoms with Crippen molar-refractivity contribution in [1.82, 2.24) is 10.3 Å². The highest BCUT2D eigenvalue weighted by molar-refractivity contribution is 7.81. The summed E-state index contributed by atoms with van der Waals surface area (Å²) >= 11 is 3.96. The number of rotatable bonds is 4. The Kier molecular flexibility index (Phi) is 3.66. The third kappa shape index (κ3) is 2.53. The molecule has 0 atom stereocenters. The van der Waals surface area contributed by atoms with Crippen molar-refractivity contribution in [3.05, 3.63) is 36.0 Å². The Bertz CT molecular complexity index is 560. The van der Waals surface area contributed by atoms with E-state index in [9.17, 15) is 4.79 Å². The predicted molar refractivity (Wildman–Crippen MR) is 78.2 cm³/mol. The van der Waals surface area contributed by atoms with Crippen molar-refractivity contribution >= 4 is 29.4 Å². The van der Waals surface area contributed by atoms with Gasteiger partial charge in [0.05, 0.1) is 5.75 Å². The van der Waals surface area contributed by atoms with E-state index < -0.39 is 0 Å². The van der Waals surface area contributed by atoms with Gasteiger partial charge in [0.2, 0.25) is 5.91 Å². The quantitative estimate of drug-likeness (QED) is 0.728. The van der Waals surface area contributed by atoms with Gasteiger partial charge in [-0.05, 0) is 11.6 Å². The van der Waals surface area contributed by atoms with E-state index >= 15 is 0 Å². The largest absolute Gasteiger partial charge is 0.361 e. The zero-order valence-electron chi connectivity index (χ0n) is 10.7. The van der Waals surface area contributed by atoms with Crippen LogP contribution >= 0.6 is 12.6 Å². The molecule has 2 aromatic rings. The summed E-state index contributed by atoms with van der Waals surface area (Å²) in [5.41, 5.74) is 2.23. The Morgan fingerprint density at radius 1 is 1.39 bits per heavy atom. The summed E-state index contributed by atoms with van der Waals surface area (Å²) < 4.78 is 0. The molecular weight excluding hydrogens is 244 g/mol. The first-order valence-corrected chi connectivity index (χ1v) is 6.62. The topological polar surface area (TPSA) is 44.9 Å². The third-order valence-electron chi connectivity index (χ3n) is 3.19. The molecule has 0 aliphatic carbocycles. The molecule has 0 saturated heterocycles. The number of carbonyl (C=O) groups is 1. The first kappa shape index (κ1) is 13.0. The summed E-state index contributed by atoms with van der Waals surface area (Å²) in [7, 11) is 0. The highest BCUT2D eigenvalue weighted by Gasteiger charge is 2.24. The van der Waals surface area contributed by atoms with Crippen LogP contribution in [0.3, 0.4) is 0 Å². The molecule has 0 aliphatic heterocycles. The number of benzene rings is 1. The Labute approximate surface area is 112 Å². The molecule has 3 nitrogen and oxygen atoms in total. The van der Waals surface area contributed by atoms with Crippen LogP contribution in [0, 0.1) is 0 Å². The number of amides is 1. The highest BCUT2D eigenvalue weighted by atomic mass is 32.1. The van der Waals surface area contributed by atoms with Crippen LogP contribution in [0.2, 0.25) is 0 Å². The van der Waals surface area contributed by atoms with Crippen LogP contribution in [0.5, 0.6) is 0 Å². The number of para-hydroxylation sites is 1. The van der Waals surface area contributed by atoms with Crippen molar-refractivity contribution in [3.8, 4) is 0 Å². The van der Waals surface area contributed by atoms with Crippen molar-refractivity contribution in [2.45, 2.75) is 19.3 Å². The SMILES string of the molecule is CC(C)(CNC(=O)CS)c1c[nH]c2ccccc12. The molecule has 1 aromatic heterocycles. The van der Waals surface area contributed by atoms with Crippen LogP contribution in [0.25, 0.3) is 10.9 Å². The average molecular weight is 262 g/mol. The summed E-state index contributed by atoms with van der Waals surface area (Å²) in [6.07, 6.45) is 2.03. The lowest BCUT2D eigenvalue weighted by Gasteiger charge is -2.24. The number of hydrogen-bond acceptors (Lipinski definition) is 2. The van der Waals surface area contributed by atoms with Crippen molar-refractivity contribution in [1.29, 1.82) is 0 Å². The maximum Gasteiger partial charge on any atom is 0.229 e. The molecular formula is C14H18N2OS. The molecule has 18 heavy (non-hydrogen) atoms. The third-order valence-corrected chi connectivity index (χ3v) is 3.48. The number of aromatic amines is 1. The molecule has 1 amide bonds. The van der Waals surface area contributed by atoms with Gasteiger partial charge in [0, 0.05) is 29.1 Å². The van der Waals surface area contributed by atoms with E-state index in [0.29, 0.717) is 6.54 Å². The minimum atomic E-state index is -0.113. The zero-order valence-corrected chi connectivity index (χ0v) is 11.6. The lowest BCUT2D eigenvalue weighted by molar-refractivity contribution is -0.118. The van der Waals surface area contributed by atoms with Gasteiger partial charge >= 0.3 is 0 Å². The highest BCUT2D eigenvalue weighted by Crippen LogP contribution is 2.29. The number of thiol groups is 1. The molecule has 0 radical (unpaired) electrons. The maximum atomic E-state index is 11.3. The first-order valence-electron chi connectivity index (χ1n) is 5.99. The van der Waals surface area contributed by atoms with Crippen molar-refractivity contribution in [2.75, 3.05) is 12.3 Å². The van der Waals surface area contributed by atoms with Gasteiger partial charge in [-0.1, -0.05) is 32.0 Å². The maximum absolute atomic E-state index is 11.3. The summed E-state index contributed by atoms with van der Waals surface area (Å²) in [5.74, 6) is 0.190. The number of hydrogen-bond donors (Lipinski definition) is 3. The molecule has 0 spiro atoms. The van der Waals surface area contributed by atoms with Crippen LogP contribution in [-0.2, 0) is 10.2 Å². The van der Waals surface area contributed by atoms with Crippen molar-refractivity contribution in [3.63, 3.8) is 0 Å². The van der Waals surface area contributed by atoms with Crippen LogP contribution in [-0.4, -0.2) is 23.2 Å². The van der Waals surface area contributed by atoms with Crippen LogP contribution in [0.4, 0.5) is 0 Å². The van der Waals surface area contributed by atoms with E-state index in [1.807, 2.05) is 18.3 Å². The minimum Gasteiger partial charge on any atom is -0.361 e. The number of fused-ring (bicyclic) bond motifs is 1. The van der Waals surface area contributed by atoms with Crippen LogP contribution in [0.1, 0.15) is 19.4 Å². The van der Waals surface area contributed by atoms with E-state index in [0.717, 1.165) is 5.52 Å². The lowest BCUT2D eigenvalue weighted by Crippen LogP contribution is -2.37. The number of aromatic nitrogens is 1. The van der Waals surface area contributed by atoms with Gasteiger partial charge in [0.25, 0.3) is 0 Å². The molecule has 1 heterocycles. The molecule has 2 N–H and O–H groups in total.